The van der Waals surface area contributed by atoms with E-state index in [4.69, 9.17) is 33.8 Å². The molecule has 1 amide bonds. The Kier molecular flexibility index (Phi) is 3.63. The third-order valence-corrected chi connectivity index (χ3v) is 2.90. The standard InChI is InChI=1S/C11H9Cl2FN2O2/c12-10(13)2-1-5-6-3-8(15)7(14)4-9(6)18-16-11(5)17/h2-5H,1,15H2,(H,16,17). The Morgan fingerprint density at radius 2 is 2.28 bits per heavy atom. The average molecular weight is 291 g/mol. The lowest BCUT2D eigenvalue weighted by molar-refractivity contribution is -0.130. The van der Waals surface area contributed by atoms with Gasteiger partial charge in [0.25, 0.3) is 5.91 Å². The average Bonchev–Trinajstić information content (AvgIpc) is 2.30. The number of nitrogens with two attached hydrogens (primary N) is 1. The maximum absolute atomic E-state index is 13.3. The highest BCUT2D eigenvalue weighted by atomic mass is 35.5. The van der Waals surface area contributed by atoms with Crippen LogP contribution in [0.1, 0.15) is 17.9 Å². The summed E-state index contributed by atoms with van der Waals surface area (Å²) in [5.41, 5.74) is 8.13. The molecule has 0 saturated carbocycles. The fourth-order valence-corrected chi connectivity index (χ4v) is 1.89. The number of carbonyl (C=O) groups is 1. The fraction of sp³-hybridized carbons (Fsp3) is 0.182. The summed E-state index contributed by atoms with van der Waals surface area (Å²) in [6.45, 7) is 0. The van der Waals surface area contributed by atoms with E-state index in [1.54, 1.807) is 0 Å². The highest BCUT2D eigenvalue weighted by molar-refractivity contribution is 6.55. The van der Waals surface area contributed by atoms with Crippen molar-refractivity contribution < 1.29 is 14.0 Å². The van der Waals surface area contributed by atoms with Crippen molar-refractivity contribution in [3.63, 3.8) is 0 Å². The normalized spacial score (nSPS) is 17.5. The second-order valence-electron chi connectivity index (χ2n) is 3.76. The van der Waals surface area contributed by atoms with Gasteiger partial charge in [-0.2, -0.15) is 5.48 Å². The molecular formula is C11H9Cl2FN2O2. The second-order valence-corrected chi connectivity index (χ2v) is 4.77. The number of nitrogen functional groups attached to an aromatic ring is 1. The molecular weight excluding hydrogens is 282 g/mol. The molecule has 18 heavy (non-hydrogen) atoms. The molecule has 4 nitrogen and oxygen atoms in total. The van der Waals surface area contributed by atoms with Crippen molar-refractivity contribution in [2.75, 3.05) is 5.73 Å². The quantitative estimate of drug-likeness (QED) is 0.823. The summed E-state index contributed by atoms with van der Waals surface area (Å²) in [6, 6.07) is 2.51. The number of anilines is 1. The van der Waals surface area contributed by atoms with Gasteiger partial charge in [-0.05, 0) is 12.5 Å². The van der Waals surface area contributed by atoms with Crippen LogP contribution in [0.4, 0.5) is 10.1 Å². The summed E-state index contributed by atoms with van der Waals surface area (Å²) in [7, 11) is 0. The van der Waals surface area contributed by atoms with E-state index in [2.05, 4.69) is 5.48 Å². The van der Waals surface area contributed by atoms with Crippen LogP contribution in [0.25, 0.3) is 0 Å². The molecule has 1 aliphatic rings. The summed E-state index contributed by atoms with van der Waals surface area (Å²) in [5, 5.41) is 0. The highest BCUT2D eigenvalue weighted by Gasteiger charge is 2.29. The van der Waals surface area contributed by atoms with Crippen LogP contribution >= 0.6 is 23.2 Å². The van der Waals surface area contributed by atoms with E-state index < -0.39 is 11.7 Å². The number of halogens is 3. The zero-order valence-electron chi connectivity index (χ0n) is 9.04. The van der Waals surface area contributed by atoms with Crippen LogP contribution in [0.15, 0.2) is 22.7 Å². The van der Waals surface area contributed by atoms with E-state index in [0.29, 0.717) is 5.56 Å². The molecule has 0 bridgehead atoms. The van der Waals surface area contributed by atoms with Crippen LogP contribution in [0.5, 0.6) is 5.75 Å². The first kappa shape index (κ1) is 13.0. The van der Waals surface area contributed by atoms with Crippen LogP contribution < -0.4 is 16.1 Å². The topological polar surface area (TPSA) is 64.3 Å². The number of allylic oxidation sites excluding steroid dienone is 1. The predicted octanol–water partition coefficient (Wildman–Crippen LogP) is 2.62. The van der Waals surface area contributed by atoms with Gasteiger partial charge in [0.1, 0.15) is 10.3 Å². The third kappa shape index (κ3) is 2.52. The van der Waals surface area contributed by atoms with Crippen LogP contribution in [0.3, 0.4) is 0 Å². The molecule has 1 aliphatic heterocycles. The number of hydrogen-bond acceptors (Lipinski definition) is 3. The molecule has 96 valence electrons. The van der Waals surface area contributed by atoms with Crippen LogP contribution in [-0.4, -0.2) is 5.91 Å². The van der Waals surface area contributed by atoms with E-state index in [1.807, 2.05) is 0 Å². The number of rotatable bonds is 2. The zero-order chi connectivity index (χ0) is 13.3. The van der Waals surface area contributed by atoms with E-state index in [1.165, 1.54) is 12.1 Å². The minimum absolute atomic E-state index is 0.0435. The van der Waals surface area contributed by atoms with Gasteiger partial charge in [0, 0.05) is 11.6 Å². The summed E-state index contributed by atoms with van der Waals surface area (Å²) in [4.78, 5) is 16.6. The number of benzene rings is 1. The molecule has 0 aromatic heterocycles. The summed E-state index contributed by atoms with van der Waals surface area (Å²) in [6.07, 6.45) is 1.76. The molecule has 1 unspecified atom stereocenters. The Morgan fingerprint density at radius 3 is 2.94 bits per heavy atom. The molecule has 1 heterocycles. The molecule has 1 aromatic rings. The number of hydroxylamine groups is 1. The number of hydrogen-bond donors (Lipinski definition) is 2. The monoisotopic (exact) mass is 290 g/mol. The smallest absolute Gasteiger partial charge is 0.260 e. The van der Waals surface area contributed by atoms with Gasteiger partial charge < -0.3 is 10.6 Å². The molecule has 0 saturated heterocycles. The molecule has 3 N–H and O–H groups in total. The molecule has 0 aliphatic carbocycles. The predicted molar refractivity (Wildman–Crippen MR) is 66.7 cm³/mol. The van der Waals surface area contributed by atoms with Crippen LogP contribution in [-0.2, 0) is 4.79 Å². The Bertz CT molecular complexity index is 530. The highest BCUT2D eigenvalue weighted by Crippen LogP contribution is 2.35. The van der Waals surface area contributed by atoms with Crippen molar-refractivity contribution in [2.24, 2.45) is 0 Å². The van der Waals surface area contributed by atoms with E-state index in [-0.39, 0.29) is 28.3 Å². The van der Waals surface area contributed by atoms with Crippen molar-refractivity contribution in [2.45, 2.75) is 12.3 Å². The fourth-order valence-electron chi connectivity index (χ4n) is 1.71. The van der Waals surface area contributed by atoms with Gasteiger partial charge in [0.2, 0.25) is 0 Å². The summed E-state index contributed by atoms with van der Waals surface area (Å²) >= 11 is 11.0. The van der Waals surface area contributed by atoms with Gasteiger partial charge in [-0.3, -0.25) is 4.79 Å². The van der Waals surface area contributed by atoms with E-state index in [9.17, 15) is 9.18 Å². The van der Waals surface area contributed by atoms with Gasteiger partial charge in [0.05, 0.1) is 11.6 Å². The summed E-state index contributed by atoms with van der Waals surface area (Å²) in [5.74, 6) is -1.30. The van der Waals surface area contributed by atoms with Crippen molar-refractivity contribution in [1.82, 2.24) is 5.48 Å². The minimum atomic E-state index is -0.602. The Balaban J connectivity index is 2.40. The lowest BCUT2D eigenvalue weighted by Gasteiger charge is -2.24. The number of carbonyl (C=O) groups excluding carboxylic acids is 1. The lowest BCUT2D eigenvalue weighted by Crippen LogP contribution is -2.36. The SMILES string of the molecule is Nc1cc2c(cc1F)ONC(=O)C2CC=C(Cl)Cl. The van der Waals surface area contributed by atoms with E-state index in [0.717, 1.165) is 6.07 Å². The van der Waals surface area contributed by atoms with Crippen molar-refractivity contribution in [3.8, 4) is 5.75 Å². The molecule has 0 spiro atoms. The summed E-state index contributed by atoms with van der Waals surface area (Å²) < 4.78 is 13.3. The Morgan fingerprint density at radius 1 is 1.56 bits per heavy atom. The number of amides is 1. The van der Waals surface area contributed by atoms with Gasteiger partial charge in [-0.15, -0.1) is 0 Å². The lowest BCUT2D eigenvalue weighted by atomic mass is 9.93. The maximum Gasteiger partial charge on any atom is 0.260 e. The molecule has 0 fully saturated rings. The Labute approximate surface area is 112 Å². The third-order valence-electron chi connectivity index (χ3n) is 2.59. The zero-order valence-corrected chi connectivity index (χ0v) is 10.6. The van der Waals surface area contributed by atoms with Gasteiger partial charge in [0.15, 0.2) is 5.75 Å². The van der Waals surface area contributed by atoms with Gasteiger partial charge in [-0.1, -0.05) is 29.3 Å². The maximum atomic E-state index is 13.3. The van der Waals surface area contributed by atoms with E-state index >= 15 is 0 Å². The Hall–Kier alpha value is -1.46. The van der Waals surface area contributed by atoms with Crippen molar-refractivity contribution >= 4 is 34.8 Å². The first-order valence-corrected chi connectivity index (χ1v) is 5.81. The first-order chi connectivity index (χ1) is 8.49. The molecule has 0 radical (unpaired) electrons. The minimum Gasteiger partial charge on any atom is -0.396 e. The first-order valence-electron chi connectivity index (χ1n) is 5.06. The number of nitrogens with one attached hydrogen (secondary N) is 1. The molecule has 2 rings (SSSR count). The van der Waals surface area contributed by atoms with Gasteiger partial charge >= 0.3 is 0 Å². The second kappa shape index (κ2) is 5.04. The van der Waals surface area contributed by atoms with Gasteiger partial charge in [-0.25, -0.2) is 4.39 Å². The van der Waals surface area contributed by atoms with Crippen molar-refractivity contribution in [1.29, 1.82) is 0 Å². The van der Waals surface area contributed by atoms with Crippen LogP contribution in [0.2, 0.25) is 0 Å². The molecule has 1 aromatic carbocycles. The van der Waals surface area contributed by atoms with Crippen LogP contribution in [0, 0.1) is 5.82 Å². The molecule has 1 atom stereocenters. The number of fused-ring (bicyclic) bond motifs is 1. The largest absolute Gasteiger partial charge is 0.396 e. The van der Waals surface area contributed by atoms with Crippen molar-refractivity contribution in [3.05, 3.63) is 34.1 Å². The molecule has 7 heteroatoms.